The number of thioether (sulfide) groups is 1. The van der Waals surface area contributed by atoms with Gasteiger partial charge >= 0.3 is 0 Å². The van der Waals surface area contributed by atoms with Gasteiger partial charge in [-0.3, -0.25) is 9.59 Å². The fourth-order valence-corrected chi connectivity index (χ4v) is 4.75. The Morgan fingerprint density at radius 2 is 1.48 bits per heavy atom. The van der Waals surface area contributed by atoms with E-state index in [9.17, 15) is 9.59 Å². The monoisotopic (exact) mass is 518 g/mol. The van der Waals surface area contributed by atoms with Crippen LogP contribution in [0.2, 0.25) is 15.1 Å². The van der Waals surface area contributed by atoms with Crippen LogP contribution >= 0.6 is 46.6 Å². The average Bonchev–Trinajstić information content (AvgIpc) is 3.00. The molecule has 0 spiro atoms. The van der Waals surface area contributed by atoms with Crippen molar-refractivity contribution in [2.75, 3.05) is 16.8 Å². The summed E-state index contributed by atoms with van der Waals surface area (Å²) in [6, 6.07) is 18.7. The summed E-state index contributed by atoms with van der Waals surface area (Å²) < 4.78 is 5.47. The second-order valence-corrected chi connectivity index (χ2v) is 9.31. The normalized spacial score (nSPS) is 13.6. The molecule has 1 aliphatic rings. The fraction of sp³-hybridized carbons (Fsp3) is 0.0833. The van der Waals surface area contributed by atoms with Gasteiger partial charge in [-0.25, -0.2) is 4.90 Å². The van der Waals surface area contributed by atoms with Gasteiger partial charge in [-0.1, -0.05) is 46.6 Å². The van der Waals surface area contributed by atoms with E-state index in [-0.39, 0.29) is 10.6 Å². The van der Waals surface area contributed by atoms with Crippen molar-refractivity contribution >= 4 is 69.8 Å². The third-order valence-corrected chi connectivity index (χ3v) is 6.39. The number of carbonyl (C=O) groups excluding carboxylic acids is 2. The van der Waals surface area contributed by atoms with Gasteiger partial charge in [0.25, 0.3) is 11.8 Å². The number of anilines is 2. The van der Waals surface area contributed by atoms with E-state index < -0.39 is 11.8 Å². The van der Waals surface area contributed by atoms with Gasteiger partial charge in [0.15, 0.2) is 0 Å². The lowest BCUT2D eigenvalue weighted by Gasteiger charge is -2.16. The standard InChI is InChI=1S/C24H17Cl3N2O3S/c1-2-32-19-7-5-17(6-8-19)28-21-22(33-20-9-3-14(25)4-10-20)24(31)29(23(21)30)18-12-15(26)11-16(27)13-18/h3-13,28H,2H2,1H3. The number of halogens is 3. The predicted molar refractivity (Wildman–Crippen MR) is 135 cm³/mol. The van der Waals surface area contributed by atoms with E-state index >= 15 is 0 Å². The van der Waals surface area contributed by atoms with Gasteiger partial charge in [0.05, 0.1) is 12.3 Å². The van der Waals surface area contributed by atoms with Crippen LogP contribution in [-0.4, -0.2) is 18.4 Å². The summed E-state index contributed by atoms with van der Waals surface area (Å²) in [5.74, 6) is -0.285. The van der Waals surface area contributed by atoms with Crippen LogP contribution in [0.3, 0.4) is 0 Å². The fourth-order valence-electron chi connectivity index (χ4n) is 3.18. The third kappa shape index (κ3) is 5.31. The Hall–Kier alpha value is -2.64. The van der Waals surface area contributed by atoms with Gasteiger partial charge in [-0.05, 0) is 73.7 Å². The summed E-state index contributed by atoms with van der Waals surface area (Å²) in [7, 11) is 0. The highest BCUT2D eigenvalue weighted by Gasteiger charge is 2.40. The number of nitrogens with one attached hydrogen (secondary N) is 1. The van der Waals surface area contributed by atoms with Crippen molar-refractivity contribution in [2.45, 2.75) is 11.8 Å². The zero-order valence-electron chi connectivity index (χ0n) is 17.3. The second-order valence-electron chi connectivity index (χ2n) is 6.92. The van der Waals surface area contributed by atoms with Crippen molar-refractivity contribution < 1.29 is 14.3 Å². The molecular weight excluding hydrogens is 503 g/mol. The number of imide groups is 1. The van der Waals surface area contributed by atoms with Gasteiger partial charge in [-0.15, -0.1) is 0 Å². The zero-order valence-corrected chi connectivity index (χ0v) is 20.4. The van der Waals surface area contributed by atoms with E-state index in [1.165, 1.54) is 30.0 Å². The lowest BCUT2D eigenvalue weighted by atomic mass is 10.2. The summed E-state index contributed by atoms with van der Waals surface area (Å²) in [4.78, 5) is 28.9. The summed E-state index contributed by atoms with van der Waals surface area (Å²) in [5.41, 5.74) is 1.08. The van der Waals surface area contributed by atoms with Crippen molar-refractivity contribution in [1.82, 2.24) is 0 Å². The number of hydrogen-bond acceptors (Lipinski definition) is 5. The maximum absolute atomic E-state index is 13.4. The summed E-state index contributed by atoms with van der Waals surface area (Å²) >= 11 is 19.4. The number of hydrogen-bond donors (Lipinski definition) is 1. The molecule has 1 N–H and O–H groups in total. The highest BCUT2D eigenvalue weighted by molar-refractivity contribution is 8.04. The van der Waals surface area contributed by atoms with Crippen molar-refractivity contribution in [3.63, 3.8) is 0 Å². The van der Waals surface area contributed by atoms with E-state index in [0.717, 1.165) is 9.80 Å². The number of carbonyl (C=O) groups is 2. The Kier molecular flexibility index (Phi) is 7.20. The van der Waals surface area contributed by atoms with E-state index in [1.807, 2.05) is 6.92 Å². The molecule has 0 fully saturated rings. The minimum atomic E-state index is -0.510. The van der Waals surface area contributed by atoms with E-state index in [1.54, 1.807) is 48.5 Å². The molecule has 0 bridgehead atoms. The first kappa shape index (κ1) is 23.5. The van der Waals surface area contributed by atoms with Crippen molar-refractivity contribution in [1.29, 1.82) is 0 Å². The average molecular weight is 520 g/mol. The highest BCUT2D eigenvalue weighted by Crippen LogP contribution is 2.39. The molecule has 0 saturated carbocycles. The van der Waals surface area contributed by atoms with Crippen LogP contribution < -0.4 is 15.0 Å². The van der Waals surface area contributed by atoms with Crippen LogP contribution in [-0.2, 0) is 9.59 Å². The number of amides is 2. The molecule has 5 nitrogen and oxygen atoms in total. The molecule has 3 aromatic rings. The van der Waals surface area contributed by atoms with Crippen LogP contribution in [0.4, 0.5) is 11.4 Å². The Balaban J connectivity index is 1.72. The van der Waals surface area contributed by atoms with Gasteiger partial charge in [0.2, 0.25) is 0 Å². The van der Waals surface area contributed by atoms with Crippen LogP contribution in [0.15, 0.2) is 82.2 Å². The molecule has 9 heteroatoms. The lowest BCUT2D eigenvalue weighted by molar-refractivity contribution is -0.120. The second kappa shape index (κ2) is 10.1. The number of rotatable bonds is 7. The number of nitrogens with zero attached hydrogens (tertiary/aromatic N) is 1. The van der Waals surface area contributed by atoms with Crippen molar-refractivity contribution in [2.24, 2.45) is 0 Å². The maximum Gasteiger partial charge on any atom is 0.283 e. The lowest BCUT2D eigenvalue weighted by Crippen LogP contribution is -2.32. The molecule has 0 atom stereocenters. The molecule has 4 rings (SSSR count). The molecule has 33 heavy (non-hydrogen) atoms. The first-order valence-electron chi connectivity index (χ1n) is 9.88. The van der Waals surface area contributed by atoms with Gasteiger partial charge < -0.3 is 10.1 Å². The Morgan fingerprint density at radius 1 is 0.848 bits per heavy atom. The topological polar surface area (TPSA) is 58.6 Å². The Bertz CT molecular complexity index is 1220. The van der Waals surface area contributed by atoms with Crippen LogP contribution in [0, 0.1) is 0 Å². The minimum Gasteiger partial charge on any atom is -0.494 e. The van der Waals surface area contributed by atoms with Crippen LogP contribution in [0.1, 0.15) is 6.92 Å². The summed E-state index contributed by atoms with van der Waals surface area (Å²) in [6.07, 6.45) is 0. The van der Waals surface area contributed by atoms with E-state index in [4.69, 9.17) is 39.5 Å². The zero-order chi connectivity index (χ0) is 23.5. The van der Waals surface area contributed by atoms with Gasteiger partial charge in [0.1, 0.15) is 16.4 Å². The van der Waals surface area contributed by atoms with Gasteiger partial charge in [-0.2, -0.15) is 0 Å². The van der Waals surface area contributed by atoms with Crippen LogP contribution in [0.5, 0.6) is 5.75 Å². The summed E-state index contributed by atoms with van der Waals surface area (Å²) in [6.45, 7) is 2.45. The Labute approximate surface area is 210 Å². The molecular formula is C24H17Cl3N2O3S. The number of ether oxygens (including phenoxy) is 1. The smallest absolute Gasteiger partial charge is 0.283 e. The first-order valence-corrected chi connectivity index (χ1v) is 11.8. The summed E-state index contributed by atoms with van der Waals surface area (Å²) in [5, 5.41) is 4.31. The largest absolute Gasteiger partial charge is 0.494 e. The first-order chi connectivity index (χ1) is 15.9. The molecule has 0 aliphatic carbocycles. The Morgan fingerprint density at radius 3 is 2.09 bits per heavy atom. The number of benzene rings is 3. The SMILES string of the molecule is CCOc1ccc(NC2=C(Sc3ccc(Cl)cc3)C(=O)N(c3cc(Cl)cc(Cl)c3)C2=O)cc1. The molecule has 1 aliphatic heterocycles. The third-order valence-electron chi connectivity index (χ3n) is 4.62. The van der Waals surface area contributed by atoms with Gasteiger partial charge in [0, 0.05) is 25.7 Å². The van der Waals surface area contributed by atoms with Crippen LogP contribution in [0.25, 0.3) is 0 Å². The minimum absolute atomic E-state index is 0.153. The molecule has 2 amide bonds. The molecule has 168 valence electrons. The predicted octanol–water partition coefficient (Wildman–Crippen LogP) is 7.03. The highest BCUT2D eigenvalue weighted by atomic mass is 35.5. The van der Waals surface area contributed by atoms with E-state index in [2.05, 4.69) is 5.32 Å². The van der Waals surface area contributed by atoms with E-state index in [0.29, 0.717) is 38.8 Å². The molecule has 0 radical (unpaired) electrons. The molecule has 0 aromatic heterocycles. The molecule has 3 aromatic carbocycles. The van der Waals surface area contributed by atoms with Crippen molar-refractivity contribution in [3.8, 4) is 5.75 Å². The quantitative estimate of drug-likeness (QED) is 0.339. The molecule has 0 saturated heterocycles. The molecule has 0 unspecified atom stereocenters. The maximum atomic E-state index is 13.4. The van der Waals surface area contributed by atoms with Crippen molar-refractivity contribution in [3.05, 3.63) is 92.4 Å². The molecule has 1 heterocycles.